The summed E-state index contributed by atoms with van der Waals surface area (Å²) in [6.45, 7) is 5.47. The maximum atomic E-state index is 13.4. The van der Waals surface area contributed by atoms with Crippen LogP contribution in [-0.4, -0.2) is 109 Å². The molecule has 13 heteroatoms. The van der Waals surface area contributed by atoms with Crippen molar-refractivity contribution in [3.05, 3.63) is 0 Å². The van der Waals surface area contributed by atoms with Crippen LogP contribution in [0.25, 0.3) is 0 Å². The lowest BCUT2D eigenvalue weighted by Crippen LogP contribution is -2.52. The monoisotopic (exact) mass is 715 g/mol. The number of aliphatic carboxylic acids is 2. The zero-order chi connectivity index (χ0) is 28.6. The van der Waals surface area contributed by atoms with E-state index in [1.165, 1.54) is 32.8 Å². The van der Waals surface area contributed by atoms with Gasteiger partial charge in [0.25, 0.3) is 10.1 Å². The van der Waals surface area contributed by atoms with E-state index in [9.17, 15) is 42.4 Å². The minimum atomic E-state index is -4.45. The Morgan fingerprint density at radius 3 is 1.47 bits per heavy atom. The highest BCUT2D eigenvalue weighted by molar-refractivity contribution is 7.85. The van der Waals surface area contributed by atoms with Gasteiger partial charge in [-0.1, -0.05) is 88.6 Å². The predicted molar refractivity (Wildman–Crippen MR) is 208 cm³/mol. The van der Waals surface area contributed by atoms with Gasteiger partial charge in [0.15, 0.2) is 0 Å². The van der Waals surface area contributed by atoms with E-state index >= 15 is 0 Å². The third kappa shape index (κ3) is 34.9. The lowest BCUT2D eigenvalue weighted by atomic mass is 9.74. The molecule has 4 atom stereocenters. The summed E-state index contributed by atoms with van der Waals surface area (Å²) in [6.07, 6.45) is -0.561. The van der Waals surface area contributed by atoms with Gasteiger partial charge < -0.3 is 24.9 Å². The summed E-state index contributed by atoms with van der Waals surface area (Å²) in [5, 5.41) is 22.0. The molecule has 4 N–H and O–H groups in total. The van der Waals surface area contributed by atoms with Crippen LogP contribution in [0.4, 0.5) is 0 Å². The third-order valence-corrected chi connectivity index (χ3v) is 6.91. The van der Waals surface area contributed by atoms with E-state index in [1.807, 2.05) is 28.1 Å². The number of hydrogen-bond donors (Lipinski definition) is 4. The number of nitrogens with zero attached hydrogens (tertiary/aromatic N) is 2. The highest BCUT2D eigenvalue weighted by Crippen LogP contribution is 2.33. The molecule has 0 aliphatic carbocycles. The van der Waals surface area contributed by atoms with E-state index in [2.05, 4.69) is 5.32 Å². The van der Waals surface area contributed by atoms with Gasteiger partial charge in [0.2, 0.25) is 11.8 Å². The molecule has 0 aromatic heterocycles. The number of amides is 2. The van der Waals surface area contributed by atoms with Gasteiger partial charge in [-0.05, 0) is 32.6 Å². The number of carbonyl (C=O) groups is 4. The van der Waals surface area contributed by atoms with E-state index < -0.39 is 75.8 Å². The highest BCUT2D eigenvalue weighted by atomic mass is 32.2. The van der Waals surface area contributed by atoms with Crippen LogP contribution < -0.4 is 5.32 Å². The van der Waals surface area contributed by atoms with E-state index in [-0.39, 0.29) is 94.0 Å². The molecule has 298 valence electrons. The minimum absolute atomic E-state index is 0. The van der Waals surface area contributed by atoms with Crippen LogP contribution in [0.3, 0.4) is 0 Å². The highest BCUT2D eigenvalue weighted by Gasteiger charge is 2.42. The van der Waals surface area contributed by atoms with Gasteiger partial charge in [0, 0.05) is 38.8 Å². The maximum absolute atomic E-state index is 13.4. The van der Waals surface area contributed by atoms with E-state index in [0.29, 0.717) is 10.9 Å². The smallest absolute Gasteiger partial charge is 0.307 e. The van der Waals surface area contributed by atoms with Crippen LogP contribution in [0.1, 0.15) is 128 Å². The van der Waals surface area contributed by atoms with Crippen molar-refractivity contribution in [2.45, 2.75) is 134 Å². The zero-order valence-electron chi connectivity index (χ0n) is 22.6. The quantitative estimate of drug-likeness (QED) is 0.0918. The molecule has 0 bridgehead atoms. The molecule has 2 amide bonds. The van der Waals surface area contributed by atoms with E-state index in [4.69, 9.17) is 0 Å². The van der Waals surface area contributed by atoms with Gasteiger partial charge in [0.1, 0.15) is 0 Å². The Kier molecular flexibility index (Phi) is 54.9. The van der Waals surface area contributed by atoms with Crippen molar-refractivity contribution in [1.29, 1.82) is 0 Å². The molecule has 0 saturated carbocycles. The Balaban J connectivity index is -0.000000111. The number of carboxylic acid groups (broad SMARTS) is 2. The fourth-order valence-electron chi connectivity index (χ4n) is 4.51. The molecular formula is C34H88N3O9S+. The first-order valence-corrected chi connectivity index (χ1v) is 13.4. The van der Waals surface area contributed by atoms with Gasteiger partial charge in [-0.15, -0.1) is 0 Å². The molecule has 0 heterocycles. The SMILES string of the molecule is C.C.C.C.C.C.C.C.C.C.C.CC(CCC(C(=O)NC(C)(C)CS(=O)(=O)O)C(CC(=O)O)C(CC(=O)N(C)C)C(=O)O)C[N+](C)(C)C. The summed E-state index contributed by atoms with van der Waals surface area (Å²) in [5.41, 5.74) is -1.41. The molecule has 0 aromatic rings. The van der Waals surface area contributed by atoms with Crippen molar-refractivity contribution >= 4 is 33.9 Å². The van der Waals surface area contributed by atoms with Crippen LogP contribution in [0, 0.1) is 23.7 Å². The van der Waals surface area contributed by atoms with E-state index in [1.54, 1.807) is 0 Å². The Morgan fingerprint density at radius 1 is 0.766 bits per heavy atom. The van der Waals surface area contributed by atoms with Crippen molar-refractivity contribution in [3.63, 3.8) is 0 Å². The zero-order valence-corrected chi connectivity index (χ0v) is 23.5. The Bertz CT molecular complexity index is 901. The summed E-state index contributed by atoms with van der Waals surface area (Å²) in [5.74, 6) is -8.48. The fraction of sp³-hybridized carbons (Fsp3) is 0.882. The fourth-order valence-corrected chi connectivity index (χ4v) is 5.49. The largest absolute Gasteiger partial charge is 0.481 e. The Hall–Kier alpha value is -2.25. The minimum Gasteiger partial charge on any atom is -0.481 e. The molecule has 0 fully saturated rings. The summed E-state index contributed by atoms with van der Waals surface area (Å²) in [4.78, 5) is 50.9. The average Bonchev–Trinajstić information content (AvgIpc) is 2.60. The van der Waals surface area contributed by atoms with Gasteiger partial charge in [-0.2, -0.15) is 8.42 Å². The lowest BCUT2D eigenvalue weighted by molar-refractivity contribution is -0.873. The van der Waals surface area contributed by atoms with Crippen LogP contribution in [0.5, 0.6) is 0 Å². The van der Waals surface area contributed by atoms with Crippen molar-refractivity contribution in [2.24, 2.45) is 23.7 Å². The van der Waals surface area contributed by atoms with Crippen LogP contribution in [-0.2, 0) is 29.3 Å². The molecule has 0 rings (SSSR count). The van der Waals surface area contributed by atoms with Crippen molar-refractivity contribution in [1.82, 2.24) is 10.2 Å². The Labute approximate surface area is 295 Å². The standard InChI is InChI=1S/C23H43N3O9S.11CH4/c1-15(13-26(6,7)8)9-10-16(21(30)24-23(2,3)14-36(33,34)35)17(12-20(28)29)18(22(31)32)11-19(27)25(4)5;;;;;;;;;;;/h15-18H,9-14H2,1-8H3,(H3-,24,28,29,30,31,32,33,34,35);11*1H4/p+1. The number of rotatable bonds is 16. The van der Waals surface area contributed by atoms with Crippen LogP contribution in [0.2, 0.25) is 0 Å². The van der Waals surface area contributed by atoms with Crippen molar-refractivity contribution < 1.29 is 46.8 Å². The number of carboxylic acids is 2. The molecule has 0 aromatic carbocycles. The van der Waals surface area contributed by atoms with Gasteiger partial charge in [-0.25, -0.2) is 0 Å². The first-order chi connectivity index (χ1) is 16.0. The van der Waals surface area contributed by atoms with E-state index in [0.717, 1.165) is 6.54 Å². The predicted octanol–water partition coefficient (Wildman–Crippen LogP) is 7.77. The normalized spacial score (nSPS) is 12.2. The third-order valence-electron chi connectivity index (χ3n) is 5.83. The first-order valence-electron chi connectivity index (χ1n) is 11.8. The number of carbonyl (C=O) groups excluding carboxylic acids is 2. The van der Waals surface area contributed by atoms with Crippen molar-refractivity contribution in [2.75, 3.05) is 47.5 Å². The average molecular weight is 715 g/mol. The lowest BCUT2D eigenvalue weighted by Gasteiger charge is -2.34. The maximum Gasteiger partial charge on any atom is 0.307 e. The van der Waals surface area contributed by atoms with Crippen LogP contribution >= 0.6 is 0 Å². The molecule has 47 heavy (non-hydrogen) atoms. The summed E-state index contributed by atoms with van der Waals surface area (Å²) >= 11 is 0. The second-order valence-corrected chi connectivity index (χ2v) is 13.0. The van der Waals surface area contributed by atoms with Crippen LogP contribution in [0.15, 0.2) is 0 Å². The molecule has 0 spiro atoms. The first kappa shape index (κ1) is 79.9. The molecule has 4 unspecified atom stereocenters. The molecule has 0 saturated heterocycles. The summed E-state index contributed by atoms with van der Waals surface area (Å²) in [7, 11) is 4.44. The van der Waals surface area contributed by atoms with Crippen molar-refractivity contribution in [3.8, 4) is 0 Å². The Morgan fingerprint density at radius 2 is 1.17 bits per heavy atom. The molecule has 0 aliphatic heterocycles. The number of nitrogens with one attached hydrogen (secondary N) is 1. The summed E-state index contributed by atoms with van der Waals surface area (Å²) < 4.78 is 32.7. The molecular weight excluding hydrogens is 626 g/mol. The number of hydrogen-bond acceptors (Lipinski definition) is 6. The molecule has 0 radical (unpaired) electrons. The second kappa shape index (κ2) is 32.3. The number of quaternary nitrogens is 1. The second-order valence-electron chi connectivity index (χ2n) is 11.6. The molecule has 12 nitrogen and oxygen atoms in total. The topological polar surface area (TPSA) is 178 Å². The van der Waals surface area contributed by atoms with Gasteiger partial charge in [0.05, 0.1) is 44.9 Å². The summed E-state index contributed by atoms with van der Waals surface area (Å²) in [6, 6.07) is 0. The van der Waals surface area contributed by atoms with Gasteiger partial charge in [-0.3, -0.25) is 23.7 Å². The molecule has 0 aliphatic rings. The van der Waals surface area contributed by atoms with Gasteiger partial charge >= 0.3 is 11.9 Å².